The maximum Gasteiger partial charge on any atom is 0.338 e. The minimum Gasteiger partial charge on any atom is -0.490 e. The highest BCUT2D eigenvalue weighted by atomic mass is 35.5. The monoisotopic (exact) mass is 398 g/mol. The van der Waals surface area contributed by atoms with E-state index < -0.39 is 12.0 Å². The molecule has 0 aromatic heterocycles. The summed E-state index contributed by atoms with van der Waals surface area (Å²) in [4.78, 5) is 12.5. The summed E-state index contributed by atoms with van der Waals surface area (Å²) in [6.45, 7) is 8.53. The van der Waals surface area contributed by atoms with Crippen molar-refractivity contribution in [2.24, 2.45) is 0 Å². The van der Waals surface area contributed by atoms with Gasteiger partial charge in [-0.05, 0) is 46.0 Å². The van der Waals surface area contributed by atoms with Crippen LogP contribution >= 0.6 is 23.8 Å². The third-order valence-corrected chi connectivity index (χ3v) is 4.29. The molecule has 6 nitrogen and oxygen atoms in total. The maximum atomic E-state index is 12.5. The molecule has 0 spiro atoms. The molecule has 0 bridgehead atoms. The van der Waals surface area contributed by atoms with E-state index in [1.54, 1.807) is 26.0 Å². The van der Waals surface area contributed by atoms with Gasteiger partial charge in [0.25, 0.3) is 0 Å². The van der Waals surface area contributed by atoms with E-state index in [-0.39, 0.29) is 6.61 Å². The fourth-order valence-electron chi connectivity index (χ4n) is 2.72. The molecule has 0 unspecified atom stereocenters. The van der Waals surface area contributed by atoms with Crippen molar-refractivity contribution in [2.75, 3.05) is 19.8 Å². The molecule has 2 N–H and O–H groups in total. The summed E-state index contributed by atoms with van der Waals surface area (Å²) in [5, 5.41) is 6.90. The largest absolute Gasteiger partial charge is 0.490 e. The van der Waals surface area contributed by atoms with Crippen molar-refractivity contribution in [2.45, 2.75) is 33.7 Å². The van der Waals surface area contributed by atoms with Gasteiger partial charge in [0.05, 0.1) is 36.5 Å². The maximum absolute atomic E-state index is 12.5. The van der Waals surface area contributed by atoms with E-state index in [0.717, 1.165) is 0 Å². The lowest BCUT2D eigenvalue weighted by Crippen LogP contribution is -2.45. The fraction of sp³-hybridized carbons (Fsp3) is 0.444. The molecule has 1 aromatic carbocycles. The molecule has 1 heterocycles. The van der Waals surface area contributed by atoms with Crippen molar-refractivity contribution in [3.63, 3.8) is 0 Å². The Morgan fingerprint density at radius 3 is 2.35 bits per heavy atom. The van der Waals surface area contributed by atoms with Gasteiger partial charge in [-0.2, -0.15) is 0 Å². The van der Waals surface area contributed by atoms with Crippen molar-refractivity contribution in [1.29, 1.82) is 0 Å². The van der Waals surface area contributed by atoms with Gasteiger partial charge in [-0.25, -0.2) is 4.79 Å². The Hall–Kier alpha value is -1.99. The zero-order chi connectivity index (χ0) is 19.3. The van der Waals surface area contributed by atoms with Gasteiger partial charge in [-0.1, -0.05) is 11.6 Å². The number of halogens is 1. The van der Waals surface area contributed by atoms with Crippen molar-refractivity contribution < 1.29 is 19.0 Å². The van der Waals surface area contributed by atoms with Gasteiger partial charge in [-0.15, -0.1) is 0 Å². The van der Waals surface area contributed by atoms with E-state index in [2.05, 4.69) is 10.6 Å². The van der Waals surface area contributed by atoms with E-state index in [9.17, 15) is 4.79 Å². The van der Waals surface area contributed by atoms with E-state index in [1.807, 2.05) is 13.8 Å². The number of benzene rings is 1. The molecule has 0 radical (unpaired) electrons. The first-order valence-electron chi connectivity index (χ1n) is 8.47. The summed E-state index contributed by atoms with van der Waals surface area (Å²) >= 11 is 11.8. The molecule has 1 aliphatic rings. The van der Waals surface area contributed by atoms with Crippen LogP contribution < -0.4 is 20.1 Å². The fourth-order valence-corrected chi connectivity index (χ4v) is 3.25. The van der Waals surface area contributed by atoms with Crippen LogP contribution in [0.1, 0.15) is 39.3 Å². The Bertz CT molecular complexity index is 736. The lowest BCUT2D eigenvalue weighted by Gasteiger charge is -2.30. The molecule has 1 aromatic rings. The predicted molar refractivity (Wildman–Crippen MR) is 105 cm³/mol. The number of carbonyl (C=O) groups excluding carboxylic acids is 1. The zero-order valence-electron chi connectivity index (χ0n) is 15.3. The number of carbonyl (C=O) groups is 1. The summed E-state index contributed by atoms with van der Waals surface area (Å²) in [7, 11) is 0. The molecule has 0 saturated carbocycles. The third-order valence-electron chi connectivity index (χ3n) is 3.74. The minimum absolute atomic E-state index is 0.272. The molecule has 0 amide bonds. The number of esters is 1. The summed E-state index contributed by atoms with van der Waals surface area (Å²) < 4.78 is 16.5. The Balaban J connectivity index is 2.55. The van der Waals surface area contributed by atoms with Gasteiger partial charge < -0.3 is 24.8 Å². The van der Waals surface area contributed by atoms with Crippen LogP contribution in [0.15, 0.2) is 23.4 Å². The number of hydrogen-bond donors (Lipinski definition) is 2. The van der Waals surface area contributed by atoms with Crippen LogP contribution in [0.2, 0.25) is 5.02 Å². The molecule has 1 aliphatic heterocycles. The highest BCUT2D eigenvalue weighted by molar-refractivity contribution is 7.80. The standard InChI is InChI=1S/C18H23ClN2O4S/c1-5-23-13-8-11(12(19)9-14(13)24-6-2)16-15(17(22)25-7-3)10(4)20-18(26)21-16/h8-9,16H,5-7H2,1-4H3,(H2,20,21,26)/t16-/m0/s1. The second-order valence-corrected chi connectivity index (χ2v) is 6.29. The van der Waals surface area contributed by atoms with Crippen molar-refractivity contribution in [3.8, 4) is 11.5 Å². The van der Waals surface area contributed by atoms with E-state index in [0.29, 0.717) is 51.7 Å². The van der Waals surface area contributed by atoms with E-state index in [4.69, 9.17) is 38.0 Å². The number of allylic oxidation sites excluding steroid dienone is 1. The lowest BCUT2D eigenvalue weighted by molar-refractivity contribution is -0.139. The van der Waals surface area contributed by atoms with Crippen LogP contribution in [-0.2, 0) is 9.53 Å². The lowest BCUT2D eigenvalue weighted by atomic mass is 9.95. The van der Waals surface area contributed by atoms with Gasteiger partial charge in [0, 0.05) is 17.3 Å². The predicted octanol–water partition coefficient (Wildman–Crippen LogP) is 3.49. The first-order valence-corrected chi connectivity index (χ1v) is 9.25. The highest BCUT2D eigenvalue weighted by Gasteiger charge is 2.33. The average Bonchev–Trinajstić information content (AvgIpc) is 2.57. The highest BCUT2D eigenvalue weighted by Crippen LogP contribution is 2.39. The Labute approximate surface area is 163 Å². The minimum atomic E-state index is -0.551. The molecule has 0 fully saturated rings. The van der Waals surface area contributed by atoms with Crippen LogP contribution in [0.5, 0.6) is 11.5 Å². The molecule has 142 valence electrons. The summed E-state index contributed by atoms with van der Waals surface area (Å²) in [5.74, 6) is 0.680. The van der Waals surface area contributed by atoms with Crippen molar-refractivity contribution in [3.05, 3.63) is 34.0 Å². The Kier molecular flexibility index (Phi) is 7.11. The van der Waals surface area contributed by atoms with Crippen LogP contribution in [0.25, 0.3) is 0 Å². The van der Waals surface area contributed by atoms with Gasteiger partial charge in [0.15, 0.2) is 16.6 Å². The van der Waals surface area contributed by atoms with E-state index in [1.165, 1.54) is 0 Å². The number of thiocarbonyl (C=S) groups is 1. The zero-order valence-corrected chi connectivity index (χ0v) is 16.8. The van der Waals surface area contributed by atoms with Crippen LogP contribution in [0.3, 0.4) is 0 Å². The van der Waals surface area contributed by atoms with E-state index >= 15 is 0 Å². The topological polar surface area (TPSA) is 68.8 Å². The first kappa shape index (κ1) is 20.3. The number of nitrogens with one attached hydrogen (secondary N) is 2. The summed E-state index contributed by atoms with van der Waals surface area (Å²) in [5.41, 5.74) is 1.71. The van der Waals surface area contributed by atoms with Crippen LogP contribution in [0.4, 0.5) is 0 Å². The average molecular weight is 399 g/mol. The van der Waals surface area contributed by atoms with Crippen LogP contribution in [-0.4, -0.2) is 30.9 Å². The molecule has 8 heteroatoms. The van der Waals surface area contributed by atoms with Crippen molar-refractivity contribution >= 4 is 34.9 Å². The van der Waals surface area contributed by atoms with Gasteiger partial charge in [0.2, 0.25) is 0 Å². The molecule has 26 heavy (non-hydrogen) atoms. The molecule has 2 rings (SSSR count). The van der Waals surface area contributed by atoms with Gasteiger partial charge in [0.1, 0.15) is 0 Å². The second kappa shape index (κ2) is 9.09. The SMILES string of the molecule is CCOC(=O)C1=C(C)NC(=S)N[C@H]1c1cc(OCC)c(OCC)cc1Cl. The van der Waals surface area contributed by atoms with Crippen LogP contribution in [0, 0.1) is 0 Å². The van der Waals surface area contributed by atoms with Gasteiger partial charge in [-0.3, -0.25) is 0 Å². The molecular weight excluding hydrogens is 376 g/mol. The number of ether oxygens (including phenoxy) is 3. The number of rotatable bonds is 7. The summed E-state index contributed by atoms with van der Waals surface area (Å²) in [6.07, 6.45) is 0. The molecule has 1 atom stereocenters. The summed E-state index contributed by atoms with van der Waals surface area (Å²) in [6, 6.07) is 2.91. The normalized spacial score (nSPS) is 16.7. The number of hydrogen-bond acceptors (Lipinski definition) is 5. The molecular formula is C18H23ClN2O4S. The Morgan fingerprint density at radius 2 is 1.77 bits per heavy atom. The third kappa shape index (κ3) is 4.40. The van der Waals surface area contributed by atoms with Gasteiger partial charge >= 0.3 is 5.97 Å². The quantitative estimate of drug-likeness (QED) is 0.538. The molecule has 0 saturated heterocycles. The Morgan fingerprint density at radius 1 is 1.15 bits per heavy atom. The second-order valence-electron chi connectivity index (χ2n) is 5.48. The first-order chi connectivity index (χ1) is 12.4. The smallest absolute Gasteiger partial charge is 0.338 e. The van der Waals surface area contributed by atoms with Crippen molar-refractivity contribution in [1.82, 2.24) is 10.6 Å². The molecule has 0 aliphatic carbocycles.